The summed E-state index contributed by atoms with van der Waals surface area (Å²) < 4.78 is 10.9. The normalized spacial score (nSPS) is 13.0. The van der Waals surface area contributed by atoms with Crippen molar-refractivity contribution in [1.82, 2.24) is 9.97 Å². The van der Waals surface area contributed by atoms with Crippen molar-refractivity contribution in [2.24, 2.45) is 5.92 Å². The molecule has 0 unspecified atom stereocenters. The van der Waals surface area contributed by atoms with E-state index in [4.69, 9.17) is 14.5 Å². The number of thiophene rings is 1. The van der Waals surface area contributed by atoms with Gasteiger partial charge in [-0.3, -0.25) is 4.79 Å². The van der Waals surface area contributed by atoms with Crippen LogP contribution in [-0.2, 0) is 9.53 Å². The number of ether oxygens (including phenoxy) is 2. The Kier molecular flexibility index (Phi) is 9.92. The zero-order chi connectivity index (χ0) is 22.8. The van der Waals surface area contributed by atoms with Gasteiger partial charge in [0.2, 0.25) is 5.88 Å². The summed E-state index contributed by atoms with van der Waals surface area (Å²) >= 11 is 1.64. The lowest BCUT2D eigenvalue weighted by molar-refractivity contribution is -0.156. The molecule has 2 heterocycles. The maximum absolute atomic E-state index is 10.9. The van der Waals surface area contributed by atoms with Crippen molar-refractivity contribution in [3.05, 3.63) is 41.8 Å². The van der Waals surface area contributed by atoms with Crippen LogP contribution in [0, 0.1) is 5.92 Å². The molecule has 3 aromatic rings. The summed E-state index contributed by atoms with van der Waals surface area (Å²) in [5.74, 6) is 0.585. The van der Waals surface area contributed by atoms with Crippen molar-refractivity contribution in [3.63, 3.8) is 0 Å². The Bertz CT molecular complexity index is 935. The van der Waals surface area contributed by atoms with Gasteiger partial charge in [0.1, 0.15) is 11.8 Å². The van der Waals surface area contributed by atoms with Gasteiger partial charge < -0.3 is 9.47 Å². The topological polar surface area (TPSA) is 61.3 Å². The molecule has 1 saturated carbocycles. The Labute approximate surface area is 189 Å². The maximum atomic E-state index is 10.9. The van der Waals surface area contributed by atoms with E-state index in [0.717, 1.165) is 34.4 Å². The fourth-order valence-corrected chi connectivity index (χ4v) is 3.36. The van der Waals surface area contributed by atoms with E-state index in [1.165, 1.54) is 6.42 Å². The fourth-order valence-electron chi connectivity index (χ4n) is 2.65. The van der Waals surface area contributed by atoms with Crippen molar-refractivity contribution in [1.29, 1.82) is 0 Å². The molecule has 6 heteroatoms. The van der Waals surface area contributed by atoms with Gasteiger partial charge in [-0.15, -0.1) is 11.3 Å². The average Bonchev–Trinajstić information content (AvgIpc) is 3.26. The van der Waals surface area contributed by atoms with Crippen LogP contribution in [0.3, 0.4) is 0 Å². The maximum Gasteiger partial charge on any atom is 0.308 e. The number of carbonyl (C=O) groups excluding carboxylic acids is 1. The SMILES string of the molecule is CC.CC(C)C(=O)OC1CCC1.CC(C)Oc1nc2ccccc2nc1-c1cccs1. The van der Waals surface area contributed by atoms with Gasteiger partial charge in [-0.2, -0.15) is 0 Å². The molecule has 1 aromatic carbocycles. The number of hydrogen-bond acceptors (Lipinski definition) is 6. The van der Waals surface area contributed by atoms with Crippen molar-refractivity contribution < 1.29 is 14.3 Å². The summed E-state index contributed by atoms with van der Waals surface area (Å²) in [6, 6.07) is 11.9. The lowest BCUT2D eigenvalue weighted by Crippen LogP contribution is -2.27. The van der Waals surface area contributed by atoms with Crippen LogP contribution in [0.15, 0.2) is 41.8 Å². The second kappa shape index (κ2) is 12.4. The molecular weight excluding hydrogens is 408 g/mol. The van der Waals surface area contributed by atoms with E-state index in [-0.39, 0.29) is 24.1 Å². The van der Waals surface area contributed by atoms with Crippen molar-refractivity contribution >= 4 is 28.3 Å². The average molecular weight is 443 g/mol. The van der Waals surface area contributed by atoms with E-state index in [9.17, 15) is 4.79 Å². The Balaban J connectivity index is 0.000000241. The molecular formula is C25H34N2O3S. The first kappa shape index (κ1) is 24.8. The Morgan fingerprint density at radius 2 is 1.65 bits per heavy atom. The number of nitrogens with zero attached hydrogens (tertiary/aromatic N) is 2. The summed E-state index contributed by atoms with van der Waals surface area (Å²) in [5, 5.41) is 2.03. The fraction of sp³-hybridized carbons (Fsp3) is 0.480. The predicted octanol–water partition coefficient (Wildman–Crippen LogP) is 6.91. The molecule has 31 heavy (non-hydrogen) atoms. The van der Waals surface area contributed by atoms with Gasteiger partial charge in [0.05, 0.1) is 27.9 Å². The summed E-state index contributed by atoms with van der Waals surface area (Å²) in [6.45, 7) is 11.7. The summed E-state index contributed by atoms with van der Waals surface area (Å²) in [4.78, 5) is 21.3. The van der Waals surface area contributed by atoms with E-state index in [1.54, 1.807) is 11.3 Å². The van der Waals surface area contributed by atoms with Gasteiger partial charge in [-0.25, -0.2) is 9.97 Å². The second-order valence-corrected chi connectivity index (χ2v) is 8.60. The molecule has 1 fully saturated rings. The van der Waals surface area contributed by atoms with Crippen LogP contribution >= 0.6 is 11.3 Å². The highest BCUT2D eigenvalue weighted by Crippen LogP contribution is 2.32. The Morgan fingerprint density at radius 1 is 1.00 bits per heavy atom. The van der Waals surface area contributed by atoms with Crippen molar-refractivity contribution in [2.75, 3.05) is 0 Å². The van der Waals surface area contributed by atoms with E-state index < -0.39 is 0 Å². The van der Waals surface area contributed by atoms with Gasteiger partial charge in [0.25, 0.3) is 0 Å². The molecule has 0 atom stereocenters. The van der Waals surface area contributed by atoms with Gasteiger partial charge in [-0.05, 0) is 56.7 Å². The van der Waals surface area contributed by atoms with Gasteiger partial charge in [0, 0.05) is 0 Å². The smallest absolute Gasteiger partial charge is 0.308 e. The molecule has 2 aromatic heterocycles. The van der Waals surface area contributed by atoms with E-state index in [2.05, 4.69) is 4.98 Å². The minimum absolute atomic E-state index is 0.0283. The zero-order valence-electron chi connectivity index (χ0n) is 19.4. The van der Waals surface area contributed by atoms with E-state index in [0.29, 0.717) is 5.88 Å². The Hall–Kier alpha value is -2.47. The predicted molar refractivity (Wildman–Crippen MR) is 129 cm³/mol. The van der Waals surface area contributed by atoms with Crippen LogP contribution in [-0.4, -0.2) is 28.1 Å². The van der Waals surface area contributed by atoms with Crippen LogP contribution in [0.4, 0.5) is 0 Å². The highest BCUT2D eigenvalue weighted by atomic mass is 32.1. The molecule has 0 N–H and O–H groups in total. The highest BCUT2D eigenvalue weighted by Gasteiger charge is 2.22. The highest BCUT2D eigenvalue weighted by molar-refractivity contribution is 7.13. The van der Waals surface area contributed by atoms with E-state index in [1.807, 2.05) is 83.3 Å². The third-order valence-electron chi connectivity index (χ3n) is 4.45. The second-order valence-electron chi connectivity index (χ2n) is 7.65. The first-order valence-electron chi connectivity index (χ1n) is 11.1. The zero-order valence-corrected chi connectivity index (χ0v) is 20.2. The molecule has 168 valence electrons. The number of para-hydroxylation sites is 2. The third kappa shape index (κ3) is 7.31. The van der Waals surface area contributed by atoms with Crippen LogP contribution in [0.2, 0.25) is 0 Å². The van der Waals surface area contributed by atoms with Crippen LogP contribution in [0.1, 0.15) is 60.8 Å². The van der Waals surface area contributed by atoms with Crippen LogP contribution in [0.25, 0.3) is 21.6 Å². The number of esters is 1. The van der Waals surface area contributed by atoms with Crippen LogP contribution < -0.4 is 4.74 Å². The molecule has 0 radical (unpaired) electrons. The molecule has 1 aliphatic carbocycles. The molecule has 0 spiro atoms. The molecule has 0 saturated heterocycles. The number of aromatic nitrogens is 2. The molecule has 1 aliphatic rings. The Morgan fingerprint density at radius 3 is 2.13 bits per heavy atom. The monoisotopic (exact) mass is 442 g/mol. The minimum atomic E-state index is -0.0512. The first-order valence-corrected chi connectivity index (χ1v) is 12.0. The lowest BCUT2D eigenvalue weighted by atomic mass is 9.96. The standard InChI is InChI=1S/C15H14N2OS.C8H14O2.C2H6/c1-10(2)18-15-14(13-8-5-9-19-13)16-11-6-3-4-7-12(11)17-15;1-6(2)8(9)10-7-4-3-5-7;1-2/h3-10H,1-2H3;6-7H,3-5H2,1-2H3;1-2H3. The molecule has 0 aliphatic heterocycles. The number of hydrogen-bond donors (Lipinski definition) is 0. The number of fused-ring (bicyclic) bond motifs is 1. The van der Waals surface area contributed by atoms with Gasteiger partial charge in [0.15, 0.2) is 0 Å². The van der Waals surface area contributed by atoms with Gasteiger partial charge >= 0.3 is 5.97 Å². The summed E-state index contributed by atoms with van der Waals surface area (Å²) in [5.41, 5.74) is 2.57. The summed E-state index contributed by atoms with van der Waals surface area (Å²) in [7, 11) is 0. The molecule has 5 nitrogen and oxygen atoms in total. The van der Waals surface area contributed by atoms with Gasteiger partial charge in [-0.1, -0.05) is 45.9 Å². The molecule has 4 rings (SSSR count). The van der Waals surface area contributed by atoms with E-state index >= 15 is 0 Å². The quantitative estimate of drug-likeness (QED) is 0.402. The summed E-state index contributed by atoms with van der Waals surface area (Å²) in [6.07, 6.45) is 3.68. The molecule has 0 bridgehead atoms. The number of carbonyl (C=O) groups is 1. The molecule has 0 amide bonds. The third-order valence-corrected chi connectivity index (χ3v) is 5.32. The van der Waals surface area contributed by atoms with Crippen molar-refractivity contribution in [3.8, 4) is 16.5 Å². The lowest BCUT2D eigenvalue weighted by Gasteiger charge is -2.25. The number of benzene rings is 1. The largest absolute Gasteiger partial charge is 0.473 e. The minimum Gasteiger partial charge on any atom is -0.473 e. The van der Waals surface area contributed by atoms with Crippen LogP contribution in [0.5, 0.6) is 5.88 Å². The van der Waals surface area contributed by atoms with Crippen molar-refractivity contribution in [2.45, 2.75) is 73.0 Å². The number of rotatable bonds is 5. The first-order chi connectivity index (χ1) is 14.9.